The first-order valence-corrected chi connectivity index (χ1v) is 7.34. The van der Waals surface area contributed by atoms with Gasteiger partial charge in [-0.2, -0.15) is 0 Å². The van der Waals surface area contributed by atoms with Crippen LogP contribution in [0.1, 0.15) is 32.6 Å². The lowest BCUT2D eigenvalue weighted by atomic mass is 10.2. The Morgan fingerprint density at radius 2 is 1.86 bits per heavy atom. The summed E-state index contributed by atoms with van der Waals surface area (Å²) in [5, 5.41) is 0. The standard InChI is InChI=1S/C7H13ClO2.Cl2OS/c1-2-3-4-5-7(9)10-6-8;1-4(2)3/h2-6H2,1H3;. The molecule has 0 saturated carbocycles. The molecular formula is C7H13Cl3O3S. The quantitative estimate of drug-likeness (QED) is 0.336. The topological polar surface area (TPSA) is 43.4 Å². The summed E-state index contributed by atoms with van der Waals surface area (Å²) >= 11 is 5.17. The SMILES string of the molecule is CCCCCC(=O)OCCl.O=S(Cl)Cl. The molecule has 0 rings (SSSR count). The Morgan fingerprint density at radius 1 is 1.36 bits per heavy atom. The highest BCUT2D eigenvalue weighted by atomic mass is 36.0. The molecule has 0 heterocycles. The molecule has 0 saturated heterocycles. The van der Waals surface area contributed by atoms with Crippen molar-refractivity contribution < 1.29 is 13.7 Å². The summed E-state index contributed by atoms with van der Waals surface area (Å²) in [6.45, 7) is 2.09. The maximum Gasteiger partial charge on any atom is 0.306 e. The number of ether oxygens (including phenoxy) is 1. The zero-order valence-corrected chi connectivity index (χ0v) is 10.9. The molecule has 0 radical (unpaired) electrons. The van der Waals surface area contributed by atoms with E-state index in [4.69, 9.17) is 15.8 Å². The Hall–Kier alpha value is 0.490. The van der Waals surface area contributed by atoms with Gasteiger partial charge in [-0.25, -0.2) is 4.21 Å². The number of halogens is 3. The van der Waals surface area contributed by atoms with E-state index >= 15 is 0 Å². The van der Waals surface area contributed by atoms with Crippen LogP contribution in [0.15, 0.2) is 0 Å². The first-order chi connectivity index (χ1) is 6.54. The second kappa shape index (κ2) is 13.5. The first kappa shape index (κ1) is 16.9. The Morgan fingerprint density at radius 3 is 2.21 bits per heavy atom. The first-order valence-electron chi connectivity index (χ1n) is 4.00. The van der Waals surface area contributed by atoms with E-state index in [1.54, 1.807) is 0 Å². The summed E-state index contributed by atoms with van der Waals surface area (Å²) in [6.07, 6.45) is 3.61. The van der Waals surface area contributed by atoms with E-state index in [-0.39, 0.29) is 12.0 Å². The molecule has 0 aromatic carbocycles. The maximum absolute atomic E-state index is 10.6. The third kappa shape index (κ3) is 22.9. The van der Waals surface area contributed by atoms with E-state index < -0.39 is 9.23 Å². The van der Waals surface area contributed by atoms with Gasteiger partial charge in [0.25, 0.3) is 0 Å². The Bertz CT molecular complexity index is 162. The van der Waals surface area contributed by atoms with Gasteiger partial charge in [0.05, 0.1) is 0 Å². The molecule has 86 valence electrons. The van der Waals surface area contributed by atoms with E-state index in [9.17, 15) is 4.79 Å². The summed E-state index contributed by atoms with van der Waals surface area (Å²) in [5.41, 5.74) is 0. The zero-order valence-electron chi connectivity index (χ0n) is 7.80. The monoisotopic (exact) mass is 282 g/mol. The number of esters is 1. The zero-order chi connectivity index (χ0) is 11.4. The van der Waals surface area contributed by atoms with E-state index in [1.807, 2.05) is 0 Å². The molecule has 0 unspecified atom stereocenters. The summed E-state index contributed by atoms with van der Waals surface area (Å²) in [6, 6.07) is -0.0229. The van der Waals surface area contributed by atoms with Gasteiger partial charge in [-0.15, -0.1) is 0 Å². The average Bonchev–Trinajstić information content (AvgIpc) is 2.04. The summed E-state index contributed by atoms with van der Waals surface area (Å²) in [5.74, 6) is -0.191. The van der Waals surface area contributed by atoms with Crippen molar-refractivity contribution in [3.63, 3.8) is 0 Å². The van der Waals surface area contributed by atoms with Gasteiger partial charge in [-0.3, -0.25) is 4.79 Å². The van der Waals surface area contributed by atoms with E-state index in [0.29, 0.717) is 6.42 Å². The van der Waals surface area contributed by atoms with Crippen molar-refractivity contribution in [1.82, 2.24) is 0 Å². The number of carbonyl (C=O) groups is 1. The van der Waals surface area contributed by atoms with E-state index in [0.717, 1.165) is 19.3 Å². The van der Waals surface area contributed by atoms with Crippen LogP contribution in [0.4, 0.5) is 0 Å². The van der Waals surface area contributed by atoms with Crippen LogP contribution in [0, 0.1) is 0 Å². The number of unbranched alkanes of at least 4 members (excludes halogenated alkanes) is 2. The number of rotatable bonds is 5. The average molecular weight is 284 g/mol. The van der Waals surface area contributed by atoms with Gasteiger partial charge in [0.2, 0.25) is 9.23 Å². The summed E-state index contributed by atoms with van der Waals surface area (Å²) in [4.78, 5) is 10.6. The summed E-state index contributed by atoms with van der Waals surface area (Å²) < 4.78 is 13.6. The predicted molar refractivity (Wildman–Crippen MR) is 60.8 cm³/mol. The molecule has 0 fully saturated rings. The molecule has 0 aliphatic rings. The lowest BCUT2D eigenvalue weighted by Gasteiger charge is -1.98. The van der Waals surface area contributed by atoms with Crippen LogP contribution in [0.25, 0.3) is 0 Å². The predicted octanol–water partition coefficient (Wildman–Crippen LogP) is 3.35. The molecule has 0 atom stereocenters. The normalized spacial score (nSPS) is 9.21. The van der Waals surface area contributed by atoms with Crippen LogP contribution in [-0.2, 0) is 18.8 Å². The molecule has 7 heteroatoms. The molecule has 14 heavy (non-hydrogen) atoms. The molecule has 0 aromatic heterocycles. The molecule has 0 spiro atoms. The minimum atomic E-state index is -1.67. The molecular weight excluding hydrogens is 270 g/mol. The molecule has 0 aromatic rings. The third-order valence-corrected chi connectivity index (χ3v) is 1.31. The van der Waals surface area contributed by atoms with Crippen LogP contribution >= 0.6 is 33.0 Å². The molecule has 3 nitrogen and oxygen atoms in total. The van der Waals surface area contributed by atoms with Crippen LogP contribution in [0.3, 0.4) is 0 Å². The largest absolute Gasteiger partial charge is 0.449 e. The minimum absolute atomic E-state index is 0.0229. The fourth-order valence-corrected chi connectivity index (χ4v) is 0.774. The van der Waals surface area contributed by atoms with Gasteiger partial charge in [-0.1, -0.05) is 31.4 Å². The van der Waals surface area contributed by atoms with Crippen molar-refractivity contribution in [3.8, 4) is 0 Å². The van der Waals surface area contributed by atoms with Crippen molar-refractivity contribution in [1.29, 1.82) is 0 Å². The third-order valence-electron chi connectivity index (χ3n) is 1.20. The Labute approximate surface area is 101 Å². The number of carbonyl (C=O) groups excluding carboxylic acids is 1. The van der Waals surface area contributed by atoms with Gasteiger partial charge < -0.3 is 4.74 Å². The molecule has 0 aliphatic carbocycles. The fraction of sp³-hybridized carbons (Fsp3) is 0.857. The maximum atomic E-state index is 10.6. The fourth-order valence-electron chi connectivity index (χ4n) is 0.652. The van der Waals surface area contributed by atoms with E-state index in [2.05, 4.69) is 33.0 Å². The molecule has 0 bridgehead atoms. The van der Waals surface area contributed by atoms with Crippen LogP contribution in [-0.4, -0.2) is 16.2 Å². The Kier molecular flexibility index (Phi) is 16.3. The van der Waals surface area contributed by atoms with Crippen molar-refractivity contribution in [2.75, 3.05) is 6.07 Å². The van der Waals surface area contributed by atoms with Gasteiger partial charge in [0.15, 0.2) is 6.07 Å². The van der Waals surface area contributed by atoms with E-state index in [1.165, 1.54) is 0 Å². The highest BCUT2D eigenvalue weighted by Gasteiger charge is 1.99. The van der Waals surface area contributed by atoms with Crippen molar-refractivity contribution >= 4 is 48.2 Å². The smallest absolute Gasteiger partial charge is 0.306 e. The molecule has 0 amide bonds. The Balaban J connectivity index is 0. The summed E-state index contributed by atoms with van der Waals surface area (Å²) in [7, 11) is 7.36. The molecule has 0 aliphatic heterocycles. The van der Waals surface area contributed by atoms with Crippen LogP contribution in [0.2, 0.25) is 0 Å². The lowest BCUT2D eigenvalue weighted by molar-refractivity contribution is -0.141. The molecule has 0 N–H and O–H groups in total. The van der Waals surface area contributed by atoms with Crippen molar-refractivity contribution in [2.24, 2.45) is 0 Å². The van der Waals surface area contributed by atoms with Gasteiger partial charge in [0, 0.05) is 27.8 Å². The second-order valence-electron chi connectivity index (χ2n) is 2.27. The van der Waals surface area contributed by atoms with Crippen molar-refractivity contribution in [2.45, 2.75) is 32.6 Å². The van der Waals surface area contributed by atoms with Crippen LogP contribution in [0.5, 0.6) is 0 Å². The minimum Gasteiger partial charge on any atom is -0.449 e. The van der Waals surface area contributed by atoms with Crippen molar-refractivity contribution in [3.05, 3.63) is 0 Å². The van der Waals surface area contributed by atoms with Gasteiger partial charge in [-0.05, 0) is 6.42 Å². The highest BCUT2D eigenvalue weighted by Crippen LogP contribution is 2.00. The highest BCUT2D eigenvalue weighted by molar-refractivity contribution is 8.26. The second-order valence-corrected chi connectivity index (χ2v) is 5.01. The number of alkyl halides is 1. The van der Waals surface area contributed by atoms with Gasteiger partial charge in [0.1, 0.15) is 0 Å². The lowest BCUT2D eigenvalue weighted by Crippen LogP contribution is -2.01. The van der Waals surface area contributed by atoms with Crippen LogP contribution < -0.4 is 0 Å². The number of hydrogen-bond acceptors (Lipinski definition) is 3. The van der Waals surface area contributed by atoms with Gasteiger partial charge >= 0.3 is 5.97 Å². The number of hydrogen-bond donors (Lipinski definition) is 0.